The number of hydrogen-bond acceptors (Lipinski definition) is 4. The van der Waals surface area contributed by atoms with E-state index < -0.39 is 0 Å². The monoisotopic (exact) mass is 424 g/mol. The van der Waals surface area contributed by atoms with Crippen LogP contribution in [0.3, 0.4) is 0 Å². The number of aromatic nitrogens is 3. The summed E-state index contributed by atoms with van der Waals surface area (Å²) >= 11 is 1.37. The zero-order valence-electron chi connectivity index (χ0n) is 16.9. The Morgan fingerprint density at radius 1 is 0.903 bits per heavy atom. The average molecular weight is 425 g/mol. The molecular weight excluding hydrogens is 404 g/mol. The van der Waals surface area contributed by atoms with E-state index in [0.717, 1.165) is 27.6 Å². The maximum atomic E-state index is 12.9. The minimum absolute atomic E-state index is 0.154. The molecule has 0 radical (unpaired) electrons. The Kier molecular flexibility index (Phi) is 5.06. The van der Waals surface area contributed by atoms with Crippen molar-refractivity contribution in [2.24, 2.45) is 0 Å². The Bertz CT molecular complexity index is 1360. The number of benzene rings is 3. The fourth-order valence-corrected chi connectivity index (χ4v) is 4.54. The number of carbonyl (C=O) groups excluding carboxylic acids is 1. The van der Waals surface area contributed by atoms with E-state index in [2.05, 4.69) is 28.1 Å². The number of nitrogens with zero attached hydrogens (tertiary/aromatic N) is 3. The van der Waals surface area contributed by atoms with Gasteiger partial charge in [-0.3, -0.25) is 4.79 Å². The van der Waals surface area contributed by atoms with Crippen LogP contribution < -0.4 is 5.32 Å². The highest BCUT2D eigenvalue weighted by Gasteiger charge is 2.21. The quantitative estimate of drug-likeness (QED) is 0.390. The number of para-hydroxylation sites is 3. The summed E-state index contributed by atoms with van der Waals surface area (Å²) in [6, 6.07) is 27.8. The molecule has 31 heavy (non-hydrogen) atoms. The van der Waals surface area contributed by atoms with E-state index in [4.69, 9.17) is 9.97 Å². The van der Waals surface area contributed by atoms with Gasteiger partial charge in [0.25, 0.3) is 5.91 Å². The van der Waals surface area contributed by atoms with Crippen LogP contribution in [-0.2, 0) is 6.54 Å². The number of aryl methyl sites for hydroxylation is 1. The van der Waals surface area contributed by atoms with Gasteiger partial charge in [0.15, 0.2) is 10.8 Å². The molecule has 1 amide bonds. The molecule has 0 aliphatic heterocycles. The van der Waals surface area contributed by atoms with E-state index in [0.29, 0.717) is 17.1 Å². The second kappa shape index (κ2) is 8.16. The number of amides is 1. The van der Waals surface area contributed by atoms with Crippen LogP contribution in [0.5, 0.6) is 0 Å². The number of fused-ring (bicyclic) bond motifs is 1. The number of anilines is 1. The Morgan fingerprint density at radius 2 is 1.58 bits per heavy atom. The minimum atomic E-state index is -0.154. The van der Waals surface area contributed by atoms with Crippen LogP contribution in [0, 0.1) is 6.92 Å². The first-order chi connectivity index (χ1) is 15.2. The van der Waals surface area contributed by atoms with Crippen LogP contribution in [0.25, 0.3) is 21.9 Å². The van der Waals surface area contributed by atoms with Crippen LogP contribution >= 0.6 is 11.3 Å². The first-order valence-corrected chi connectivity index (χ1v) is 10.8. The van der Waals surface area contributed by atoms with Gasteiger partial charge in [-0.15, -0.1) is 11.3 Å². The third-order valence-corrected chi connectivity index (χ3v) is 6.22. The van der Waals surface area contributed by atoms with Gasteiger partial charge in [0.1, 0.15) is 4.88 Å². The predicted octanol–water partition coefficient (Wildman–Crippen LogP) is 5.77. The van der Waals surface area contributed by atoms with Crippen molar-refractivity contribution in [3.63, 3.8) is 0 Å². The fourth-order valence-electron chi connectivity index (χ4n) is 3.58. The van der Waals surface area contributed by atoms with Gasteiger partial charge in [-0.25, -0.2) is 9.97 Å². The Hall–Kier alpha value is -3.77. The van der Waals surface area contributed by atoms with Gasteiger partial charge in [0.05, 0.1) is 16.7 Å². The molecule has 5 aromatic rings. The molecule has 6 heteroatoms. The van der Waals surface area contributed by atoms with E-state index in [1.807, 2.05) is 73.7 Å². The third-order valence-electron chi connectivity index (χ3n) is 5.06. The molecule has 0 unspecified atom stereocenters. The molecule has 5 rings (SSSR count). The average Bonchev–Trinajstić information content (AvgIpc) is 3.36. The Morgan fingerprint density at radius 3 is 2.35 bits per heavy atom. The molecule has 0 atom stereocenters. The summed E-state index contributed by atoms with van der Waals surface area (Å²) in [6.07, 6.45) is 0. The highest BCUT2D eigenvalue weighted by Crippen LogP contribution is 2.31. The summed E-state index contributed by atoms with van der Waals surface area (Å²) in [4.78, 5) is 23.0. The topological polar surface area (TPSA) is 59.8 Å². The van der Waals surface area contributed by atoms with Crippen LogP contribution in [0.2, 0.25) is 0 Å². The zero-order chi connectivity index (χ0) is 21.2. The number of hydrogen-bond donors (Lipinski definition) is 1. The maximum absolute atomic E-state index is 12.9. The third kappa shape index (κ3) is 3.85. The summed E-state index contributed by atoms with van der Waals surface area (Å²) in [5.74, 6) is 0.620. The molecule has 0 saturated carbocycles. The zero-order valence-corrected chi connectivity index (χ0v) is 17.8. The van der Waals surface area contributed by atoms with E-state index in [9.17, 15) is 4.79 Å². The largest absolute Gasteiger partial charge is 0.321 e. The van der Waals surface area contributed by atoms with Crippen molar-refractivity contribution in [1.29, 1.82) is 0 Å². The fraction of sp³-hybridized carbons (Fsp3) is 0.0800. The summed E-state index contributed by atoms with van der Waals surface area (Å²) in [5.41, 5.74) is 4.60. The van der Waals surface area contributed by atoms with Crippen LogP contribution in [0.15, 0.2) is 84.9 Å². The summed E-state index contributed by atoms with van der Waals surface area (Å²) in [6.45, 7) is 2.55. The Balaban J connectivity index is 1.54. The molecule has 0 aliphatic rings. The lowest BCUT2D eigenvalue weighted by atomic mass is 10.2. The van der Waals surface area contributed by atoms with E-state index >= 15 is 0 Å². The second-order valence-electron chi connectivity index (χ2n) is 7.25. The highest BCUT2D eigenvalue weighted by atomic mass is 32.1. The minimum Gasteiger partial charge on any atom is -0.321 e. The molecule has 0 saturated heterocycles. The second-order valence-corrected chi connectivity index (χ2v) is 8.25. The summed E-state index contributed by atoms with van der Waals surface area (Å²) < 4.78 is 2.17. The molecule has 0 aliphatic carbocycles. The van der Waals surface area contributed by atoms with Gasteiger partial charge in [-0.1, -0.05) is 60.7 Å². The van der Waals surface area contributed by atoms with Gasteiger partial charge in [-0.05, 0) is 36.8 Å². The molecule has 0 bridgehead atoms. The standard InChI is InChI=1S/C25H20N4OS/c1-17-22(24(30)27-19-12-6-3-7-13-19)31-25(26-17)23-28-20-14-8-9-15-21(20)29(23)16-18-10-4-2-5-11-18/h2-15H,16H2,1H3,(H,27,30). The van der Waals surface area contributed by atoms with E-state index in [1.165, 1.54) is 16.9 Å². The number of carbonyl (C=O) groups is 1. The Labute approximate surface area is 184 Å². The van der Waals surface area contributed by atoms with Crippen molar-refractivity contribution < 1.29 is 4.79 Å². The van der Waals surface area contributed by atoms with Crippen LogP contribution in [0.4, 0.5) is 5.69 Å². The molecule has 152 valence electrons. The van der Waals surface area contributed by atoms with Gasteiger partial charge in [-0.2, -0.15) is 0 Å². The predicted molar refractivity (Wildman–Crippen MR) is 126 cm³/mol. The molecule has 5 nitrogen and oxygen atoms in total. The van der Waals surface area contributed by atoms with E-state index in [-0.39, 0.29) is 5.91 Å². The molecular formula is C25H20N4OS. The number of imidazole rings is 1. The molecule has 1 N–H and O–H groups in total. The lowest BCUT2D eigenvalue weighted by Gasteiger charge is -2.08. The SMILES string of the molecule is Cc1nc(-c2nc3ccccc3n2Cc2ccccc2)sc1C(=O)Nc1ccccc1. The van der Waals surface area contributed by atoms with Crippen LogP contribution in [0.1, 0.15) is 20.9 Å². The molecule has 2 aromatic heterocycles. The summed E-state index contributed by atoms with van der Waals surface area (Å²) in [7, 11) is 0. The maximum Gasteiger partial charge on any atom is 0.267 e. The van der Waals surface area contributed by atoms with Gasteiger partial charge in [0, 0.05) is 12.2 Å². The smallest absolute Gasteiger partial charge is 0.267 e. The van der Waals surface area contributed by atoms with Crippen molar-refractivity contribution in [3.05, 3.63) is 101 Å². The van der Waals surface area contributed by atoms with Crippen molar-refractivity contribution in [2.75, 3.05) is 5.32 Å². The molecule has 2 heterocycles. The van der Waals surface area contributed by atoms with Crippen molar-refractivity contribution in [1.82, 2.24) is 14.5 Å². The van der Waals surface area contributed by atoms with Crippen molar-refractivity contribution in [3.8, 4) is 10.8 Å². The van der Waals surface area contributed by atoms with Gasteiger partial charge in [0.2, 0.25) is 0 Å². The first kappa shape index (κ1) is 19.2. The lowest BCUT2D eigenvalue weighted by molar-refractivity contribution is 0.103. The first-order valence-electron chi connectivity index (χ1n) is 10.0. The number of rotatable bonds is 5. The molecule has 0 fully saturated rings. The number of nitrogens with one attached hydrogen (secondary N) is 1. The highest BCUT2D eigenvalue weighted by molar-refractivity contribution is 7.17. The van der Waals surface area contributed by atoms with Gasteiger partial charge < -0.3 is 9.88 Å². The van der Waals surface area contributed by atoms with Crippen molar-refractivity contribution >= 4 is 34.0 Å². The van der Waals surface area contributed by atoms with E-state index in [1.54, 1.807) is 0 Å². The lowest BCUT2D eigenvalue weighted by Crippen LogP contribution is -2.11. The van der Waals surface area contributed by atoms with Crippen molar-refractivity contribution in [2.45, 2.75) is 13.5 Å². The van der Waals surface area contributed by atoms with Gasteiger partial charge >= 0.3 is 0 Å². The molecule has 0 spiro atoms. The normalized spacial score (nSPS) is 11.0. The van der Waals surface area contributed by atoms with Crippen LogP contribution in [-0.4, -0.2) is 20.4 Å². The molecule has 3 aromatic carbocycles. The summed E-state index contributed by atoms with van der Waals surface area (Å²) in [5, 5.41) is 3.69. The number of thiazole rings is 1.